The van der Waals surface area contributed by atoms with Gasteiger partial charge in [-0.2, -0.15) is 0 Å². The summed E-state index contributed by atoms with van der Waals surface area (Å²) in [7, 11) is 0. The molecule has 136 valence electrons. The van der Waals surface area contributed by atoms with Crippen LogP contribution in [0.5, 0.6) is 0 Å². The van der Waals surface area contributed by atoms with Crippen LogP contribution in [0.4, 0.5) is 0 Å². The van der Waals surface area contributed by atoms with Gasteiger partial charge in [0.2, 0.25) is 11.8 Å². The molecule has 2 rings (SSSR count). The van der Waals surface area contributed by atoms with E-state index < -0.39 is 0 Å². The molecule has 0 bridgehead atoms. The van der Waals surface area contributed by atoms with Crippen LogP contribution in [0, 0.1) is 0 Å². The predicted molar refractivity (Wildman–Crippen MR) is 97.3 cm³/mol. The summed E-state index contributed by atoms with van der Waals surface area (Å²) in [6.45, 7) is 8.22. The molecule has 0 saturated carbocycles. The molecule has 1 aliphatic rings. The number of carbonyl (C=O) groups is 2. The second-order valence-corrected chi connectivity index (χ2v) is 6.19. The van der Waals surface area contributed by atoms with Gasteiger partial charge in [0.15, 0.2) is 0 Å². The minimum Gasteiger partial charge on any atom is -0.379 e. The number of morpholine rings is 1. The monoisotopic (exact) mass is 365 g/mol. The zero-order chi connectivity index (χ0) is 18.1. The van der Waals surface area contributed by atoms with Gasteiger partial charge in [-0.15, -0.1) is 0 Å². The molecule has 25 heavy (non-hydrogen) atoms. The van der Waals surface area contributed by atoms with E-state index in [-0.39, 0.29) is 18.4 Å². The molecular formula is C18H24ClN3O3. The number of nitrogens with one attached hydrogen (secondary N) is 1. The summed E-state index contributed by atoms with van der Waals surface area (Å²) in [5.41, 5.74) is 0.884. The summed E-state index contributed by atoms with van der Waals surface area (Å²) >= 11 is 6.22. The van der Waals surface area contributed by atoms with Gasteiger partial charge in [-0.05, 0) is 17.7 Å². The fourth-order valence-corrected chi connectivity index (χ4v) is 2.75. The van der Waals surface area contributed by atoms with Crippen LogP contribution >= 0.6 is 11.6 Å². The van der Waals surface area contributed by atoms with E-state index in [1.807, 2.05) is 18.2 Å². The molecule has 6 nitrogen and oxygen atoms in total. The normalized spacial score (nSPS) is 14.8. The van der Waals surface area contributed by atoms with Crippen LogP contribution in [0.2, 0.25) is 5.02 Å². The Kier molecular flexibility index (Phi) is 7.91. The Bertz CT molecular complexity index is 603. The van der Waals surface area contributed by atoms with Crippen molar-refractivity contribution in [2.45, 2.75) is 6.54 Å². The first-order valence-corrected chi connectivity index (χ1v) is 8.69. The average molecular weight is 366 g/mol. The van der Waals surface area contributed by atoms with E-state index in [2.05, 4.69) is 16.8 Å². The summed E-state index contributed by atoms with van der Waals surface area (Å²) in [4.78, 5) is 27.8. The van der Waals surface area contributed by atoms with Gasteiger partial charge in [0, 0.05) is 37.7 Å². The van der Waals surface area contributed by atoms with Gasteiger partial charge in [-0.3, -0.25) is 14.5 Å². The lowest BCUT2D eigenvalue weighted by molar-refractivity contribution is -0.133. The summed E-state index contributed by atoms with van der Waals surface area (Å²) in [6, 6.07) is 7.46. The van der Waals surface area contributed by atoms with Gasteiger partial charge >= 0.3 is 0 Å². The van der Waals surface area contributed by atoms with Crippen LogP contribution < -0.4 is 5.32 Å². The first-order valence-electron chi connectivity index (χ1n) is 8.31. The number of nitrogens with zero attached hydrogens (tertiary/aromatic N) is 2. The highest BCUT2D eigenvalue weighted by atomic mass is 35.5. The van der Waals surface area contributed by atoms with Crippen LogP contribution in [0.1, 0.15) is 5.56 Å². The fourth-order valence-electron chi connectivity index (χ4n) is 2.56. The maximum atomic E-state index is 12.5. The van der Waals surface area contributed by atoms with Crippen molar-refractivity contribution in [1.82, 2.24) is 15.1 Å². The van der Waals surface area contributed by atoms with Gasteiger partial charge in [-0.25, -0.2) is 0 Å². The van der Waals surface area contributed by atoms with E-state index in [9.17, 15) is 9.59 Å². The first kappa shape index (κ1) is 19.4. The Morgan fingerprint density at radius 1 is 1.32 bits per heavy atom. The molecule has 7 heteroatoms. The van der Waals surface area contributed by atoms with E-state index in [0.29, 0.717) is 31.3 Å². The molecule has 1 saturated heterocycles. The number of hydrogen-bond acceptors (Lipinski definition) is 4. The predicted octanol–water partition coefficient (Wildman–Crippen LogP) is 1.30. The van der Waals surface area contributed by atoms with E-state index in [1.54, 1.807) is 11.0 Å². The van der Waals surface area contributed by atoms with Gasteiger partial charge < -0.3 is 15.0 Å². The molecular weight excluding hydrogens is 342 g/mol. The smallest absolute Gasteiger partial charge is 0.243 e. The minimum atomic E-state index is -0.362. The first-order chi connectivity index (χ1) is 12.1. The van der Waals surface area contributed by atoms with Gasteiger partial charge in [0.05, 0.1) is 19.8 Å². The summed E-state index contributed by atoms with van der Waals surface area (Å²) < 4.78 is 5.35. The van der Waals surface area contributed by atoms with Crippen LogP contribution in [0.15, 0.2) is 36.9 Å². The fraction of sp³-hybridized carbons (Fsp3) is 0.444. The van der Waals surface area contributed by atoms with Crippen LogP contribution in [-0.4, -0.2) is 67.6 Å². The van der Waals surface area contributed by atoms with Crippen molar-refractivity contribution in [3.63, 3.8) is 0 Å². The number of amides is 2. The molecule has 2 amide bonds. The third-order valence-corrected chi connectivity index (χ3v) is 4.43. The Labute approximate surface area is 153 Å². The largest absolute Gasteiger partial charge is 0.379 e. The Morgan fingerprint density at radius 2 is 2.04 bits per heavy atom. The minimum absolute atomic E-state index is 0.0571. The molecule has 0 spiro atoms. The van der Waals surface area contributed by atoms with Gasteiger partial charge in [0.1, 0.15) is 0 Å². The van der Waals surface area contributed by atoms with Crippen molar-refractivity contribution >= 4 is 23.4 Å². The number of benzene rings is 1. The highest BCUT2D eigenvalue weighted by Gasteiger charge is 2.18. The summed E-state index contributed by atoms with van der Waals surface area (Å²) in [6.07, 6.45) is 1.15. The topological polar surface area (TPSA) is 61.9 Å². The summed E-state index contributed by atoms with van der Waals surface area (Å²) in [5, 5.41) is 3.16. The van der Waals surface area contributed by atoms with Crippen LogP contribution in [-0.2, 0) is 20.9 Å². The maximum absolute atomic E-state index is 12.5. The zero-order valence-electron chi connectivity index (χ0n) is 14.2. The number of rotatable bonds is 8. The molecule has 0 aromatic heterocycles. The standard InChI is InChI=1S/C18H24ClN3O3/c1-2-17(23)20-13-18(24)22(8-7-21-9-11-25-12-10-21)14-15-5-3-4-6-16(15)19/h2-6H,1,7-14H2,(H,20,23). The molecule has 1 aromatic carbocycles. The lowest BCUT2D eigenvalue weighted by atomic mass is 10.2. The third kappa shape index (κ3) is 6.49. The molecule has 1 heterocycles. The molecule has 0 atom stereocenters. The second-order valence-electron chi connectivity index (χ2n) is 5.78. The van der Waals surface area contributed by atoms with Crippen molar-refractivity contribution in [2.24, 2.45) is 0 Å². The Hall–Kier alpha value is -1.89. The van der Waals surface area contributed by atoms with Crippen LogP contribution in [0.25, 0.3) is 0 Å². The quantitative estimate of drug-likeness (QED) is 0.705. The van der Waals surface area contributed by atoms with Crippen molar-refractivity contribution in [2.75, 3.05) is 45.9 Å². The lowest BCUT2D eigenvalue weighted by Gasteiger charge is -2.30. The number of halogens is 1. The average Bonchev–Trinajstić information content (AvgIpc) is 2.65. The van der Waals surface area contributed by atoms with Crippen molar-refractivity contribution in [1.29, 1.82) is 0 Å². The van der Waals surface area contributed by atoms with E-state index in [0.717, 1.165) is 31.3 Å². The molecule has 0 unspecified atom stereocenters. The van der Waals surface area contributed by atoms with E-state index >= 15 is 0 Å². The highest BCUT2D eigenvalue weighted by molar-refractivity contribution is 6.31. The molecule has 0 aliphatic carbocycles. The van der Waals surface area contributed by atoms with Gasteiger partial charge in [-0.1, -0.05) is 36.4 Å². The maximum Gasteiger partial charge on any atom is 0.243 e. The van der Waals surface area contributed by atoms with E-state index in [1.165, 1.54) is 0 Å². The zero-order valence-corrected chi connectivity index (χ0v) is 15.0. The van der Waals surface area contributed by atoms with Crippen molar-refractivity contribution in [3.8, 4) is 0 Å². The molecule has 1 aliphatic heterocycles. The third-order valence-electron chi connectivity index (χ3n) is 4.06. The Morgan fingerprint density at radius 3 is 2.72 bits per heavy atom. The molecule has 1 aromatic rings. The SMILES string of the molecule is C=CC(=O)NCC(=O)N(CCN1CCOCC1)Cc1ccccc1Cl. The molecule has 0 radical (unpaired) electrons. The van der Waals surface area contributed by atoms with Crippen molar-refractivity contribution < 1.29 is 14.3 Å². The van der Waals surface area contributed by atoms with E-state index in [4.69, 9.17) is 16.3 Å². The lowest BCUT2D eigenvalue weighted by Crippen LogP contribution is -2.45. The number of carbonyl (C=O) groups excluding carboxylic acids is 2. The van der Waals surface area contributed by atoms with Crippen molar-refractivity contribution in [3.05, 3.63) is 47.5 Å². The molecule has 1 fully saturated rings. The Balaban J connectivity index is 1.98. The summed E-state index contributed by atoms with van der Waals surface area (Å²) in [5.74, 6) is -0.511. The second kappa shape index (κ2) is 10.2. The number of ether oxygens (including phenoxy) is 1. The van der Waals surface area contributed by atoms with Gasteiger partial charge in [0.25, 0.3) is 0 Å². The highest BCUT2D eigenvalue weighted by Crippen LogP contribution is 2.17. The number of hydrogen-bond donors (Lipinski definition) is 1. The van der Waals surface area contributed by atoms with Crippen LogP contribution in [0.3, 0.4) is 0 Å². The molecule has 1 N–H and O–H groups in total.